The van der Waals surface area contributed by atoms with Crippen LogP contribution in [0.3, 0.4) is 0 Å². The Labute approximate surface area is 175 Å². The number of nitriles is 1. The molecule has 0 radical (unpaired) electrons. The molecule has 0 saturated heterocycles. The average molecular weight is 402 g/mol. The van der Waals surface area contributed by atoms with E-state index in [0.29, 0.717) is 23.6 Å². The lowest BCUT2D eigenvalue weighted by Crippen LogP contribution is -2.28. The van der Waals surface area contributed by atoms with E-state index in [-0.39, 0.29) is 5.91 Å². The second kappa shape index (κ2) is 8.06. The number of hydrogen-bond acceptors (Lipinski definition) is 3. The summed E-state index contributed by atoms with van der Waals surface area (Å²) in [5.74, 6) is -0.0529. The molecule has 1 heterocycles. The number of para-hydroxylation sites is 1. The highest BCUT2D eigenvalue weighted by Gasteiger charge is 2.28. The normalized spacial score (nSPS) is 14.0. The number of fused-ring (bicyclic) bond motifs is 2. The number of amides is 1. The van der Waals surface area contributed by atoms with Gasteiger partial charge in [0.05, 0.1) is 29.3 Å². The molecule has 4 nitrogen and oxygen atoms in total. The Hall–Kier alpha value is -3.16. The maximum absolute atomic E-state index is 13.3. The third-order valence-corrected chi connectivity index (χ3v) is 5.52. The van der Waals surface area contributed by atoms with Crippen molar-refractivity contribution in [2.75, 3.05) is 13.6 Å². The molecule has 1 aliphatic rings. The molecular weight excluding hydrogens is 382 g/mol. The van der Waals surface area contributed by atoms with E-state index in [4.69, 9.17) is 21.8 Å². The number of nitrogens with zero attached hydrogens (tertiary/aromatic N) is 3. The molecule has 0 fully saturated rings. The molecule has 2 aromatic carbocycles. The zero-order chi connectivity index (χ0) is 20.4. The summed E-state index contributed by atoms with van der Waals surface area (Å²) in [6.45, 7) is 0.411. The fourth-order valence-electron chi connectivity index (χ4n) is 3.79. The van der Waals surface area contributed by atoms with E-state index in [1.54, 1.807) is 11.9 Å². The first-order valence-electron chi connectivity index (χ1n) is 9.59. The number of allylic oxidation sites excluding steroid dienone is 1. The minimum Gasteiger partial charge on any atom is -0.341 e. The van der Waals surface area contributed by atoms with Crippen molar-refractivity contribution in [1.29, 1.82) is 5.26 Å². The maximum atomic E-state index is 13.3. The van der Waals surface area contributed by atoms with E-state index in [9.17, 15) is 4.79 Å². The van der Waals surface area contributed by atoms with E-state index < -0.39 is 0 Å². The number of benzene rings is 2. The van der Waals surface area contributed by atoms with Crippen LogP contribution in [-0.2, 0) is 6.42 Å². The lowest BCUT2D eigenvalue weighted by molar-refractivity contribution is 0.0799. The molecular formula is C24H20ClN3O. The third-order valence-electron chi connectivity index (χ3n) is 5.27. The molecule has 4 rings (SSSR count). The van der Waals surface area contributed by atoms with Crippen molar-refractivity contribution >= 4 is 40.1 Å². The molecule has 0 saturated carbocycles. The van der Waals surface area contributed by atoms with Gasteiger partial charge in [-0.1, -0.05) is 41.9 Å². The number of carbonyl (C=O) groups excluding carboxylic acids is 1. The Morgan fingerprint density at radius 1 is 1.21 bits per heavy atom. The number of rotatable bonds is 4. The van der Waals surface area contributed by atoms with Crippen molar-refractivity contribution in [2.24, 2.45) is 0 Å². The second-order valence-electron chi connectivity index (χ2n) is 7.19. The van der Waals surface area contributed by atoms with Crippen LogP contribution >= 0.6 is 11.6 Å². The molecule has 1 amide bonds. The van der Waals surface area contributed by atoms with Gasteiger partial charge in [-0.25, -0.2) is 4.98 Å². The van der Waals surface area contributed by atoms with Gasteiger partial charge in [0, 0.05) is 24.0 Å². The van der Waals surface area contributed by atoms with E-state index in [2.05, 4.69) is 12.1 Å². The number of carbonyl (C=O) groups is 1. The van der Waals surface area contributed by atoms with Gasteiger partial charge < -0.3 is 4.90 Å². The first-order valence-corrected chi connectivity index (χ1v) is 9.97. The van der Waals surface area contributed by atoms with Crippen LogP contribution in [0.4, 0.5) is 0 Å². The molecule has 0 unspecified atom stereocenters. The van der Waals surface area contributed by atoms with E-state index in [0.717, 1.165) is 46.1 Å². The monoisotopic (exact) mass is 401 g/mol. The predicted octanol–water partition coefficient (Wildman–Crippen LogP) is 5.36. The van der Waals surface area contributed by atoms with Gasteiger partial charge in [0.15, 0.2) is 0 Å². The number of aromatic nitrogens is 1. The number of halogens is 1. The fraction of sp³-hybridized carbons (Fsp3) is 0.208. The fourth-order valence-corrected chi connectivity index (χ4v) is 3.92. The Morgan fingerprint density at radius 3 is 2.72 bits per heavy atom. The summed E-state index contributed by atoms with van der Waals surface area (Å²) in [5.41, 5.74) is 5.61. The average Bonchev–Trinajstić information content (AvgIpc) is 3.13. The molecule has 1 aliphatic carbocycles. The van der Waals surface area contributed by atoms with Crippen LogP contribution in [0.2, 0.25) is 5.02 Å². The largest absolute Gasteiger partial charge is 0.341 e. The Bertz CT molecular complexity index is 1160. The van der Waals surface area contributed by atoms with Gasteiger partial charge in [-0.3, -0.25) is 4.79 Å². The molecule has 29 heavy (non-hydrogen) atoms. The first-order chi connectivity index (χ1) is 14.1. The topological polar surface area (TPSA) is 57.0 Å². The van der Waals surface area contributed by atoms with Gasteiger partial charge in [0.2, 0.25) is 0 Å². The quantitative estimate of drug-likeness (QED) is 0.591. The summed E-state index contributed by atoms with van der Waals surface area (Å²) < 4.78 is 0. The van der Waals surface area contributed by atoms with Crippen molar-refractivity contribution in [1.82, 2.24) is 9.88 Å². The SMILES string of the molecule is CN(CCC#N)C(=O)c1c2c(nc3ccccc13)/C(=C\c1ccc(Cl)cc1)CC2. The van der Waals surface area contributed by atoms with Crippen LogP contribution in [0.5, 0.6) is 0 Å². The molecule has 3 aromatic rings. The van der Waals surface area contributed by atoms with Crippen LogP contribution in [0.1, 0.15) is 40.0 Å². The highest BCUT2D eigenvalue weighted by atomic mass is 35.5. The molecule has 0 bridgehead atoms. The van der Waals surface area contributed by atoms with Crippen molar-refractivity contribution in [3.8, 4) is 6.07 Å². The smallest absolute Gasteiger partial charge is 0.254 e. The molecule has 0 spiro atoms. The highest BCUT2D eigenvalue weighted by Crippen LogP contribution is 2.38. The molecule has 1 aromatic heterocycles. The van der Waals surface area contributed by atoms with Crippen LogP contribution < -0.4 is 0 Å². The summed E-state index contributed by atoms with van der Waals surface area (Å²) in [6, 6.07) is 17.6. The van der Waals surface area contributed by atoms with E-state index >= 15 is 0 Å². The van der Waals surface area contributed by atoms with Crippen molar-refractivity contribution in [2.45, 2.75) is 19.3 Å². The molecule has 5 heteroatoms. The minimum atomic E-state index is -0.0529. The van der Waals surface area contributed by atoms with Crippen LogP contribution in [0, 0.1) is 11.3 Å². The van der Waals surface area contributed by atoms with Crippen molar-refractivity contribution in [3.05, 3.63) is 75.9 Å². The third kappa shape index (κ3) is 3.74. The standard InChI is InChI=1S/C24H20ClN3O/c1-28(14-4-13-26)24(29)22-19-5-2-3-6-21(19)27-23-17(9-12-20(22)23)15-16-7-10-18(25)11-8-16/h2-3,5-8,10-11,15H,4,9,12,14H2,1H3/b17-15-. The van der Waals surface area contributed by atoms with Gasteiger partial charge >= 0.3 is 0 Å². The van der Waals surface area contributed by atoms with E-state index in [1.165, 1.54) is 0 Å². The van der Waals surface area contributed by atoms with E-state index in [1.807, 2.05) is 48.5 Å². The number of hydrogen-bond donors (Lipinski definition) is 0. The molecule has 0 N–H and O–H groups in total. The van der Waals surface area contributed by atoms with Gasteiger partial charge in [0.1, 0.15) is 0 Å². The van der Waals surface area contributed by atoms with Gasteiger partial charge in [0.25, 0.3) is 5.91 Å². The first kappa shape index (κ1) is 19.2. The van der Waals surface area contributed by atoms with Crippen LogP contribution in [-0.4, -0.2) is 29.4 Å². The Balaban J connectivity index is 1.84. The van der Waals surface area contributed by atoms with Gasteiger partial charge in [-0.05, 0) is 53.8 Å². The van der Waals surface area contributed by atoms with Gasteiger partial charge in [-0.15, -0.1) is 0 Å². The Morgan fingerprint density at radius 2 is 1.97 bits per heavy atom. The summed E-state index contributed by atoms with van der Waals surface area (Å²) in [6.07, 6.45) is 4.05. The van der Waals surface area contributed by atoms with Crippen LogP contribution in [0.15, 0.2) is 48.5 Å². The summed E-state index contributed by atoms with van der Waals surface area (Å²) >= 11 is 6.00. The minimum absolute atomic E-state index is 0.0529. The zero-order valence-electron chi connectivity index (χ0n) is 16.2. The Kier molecular flexibility index (Phi) is 5.33. The molecule has 0 atom stereocenters. The predicted molar refractivity (Wildman–Crippen MR) is 117 cm³/mol. The molecule has 0 aliphatic heterocycles. The highest BCUT2D eigenvalue weighted by molar-refractivity contribution is 6.30. The maximum Gasteiger partial charge on any atom is 0.254 e. The van der Waals surface area contributed by atoms with Gasteiger partial charge in [-0.2, -0.15) is 5.26 Å². The second-order valence-corrected chi connectivity index (χ2v) is 7.62. The lowest BCUT2D eigenvalue weighted by atomic mass is 9.99. The number of pyridine rings is 1. The summed E-state index contributed by atoms with van der Waals surface area (Å²) in [7, 11) is 1.75. The lowest BCUT2D eigenvalue weighted by Gasteiger charge is -2.19. The zero-order valence-corrected chi connectivity index (χ0v) is 16.9. The van der Waals surface area contributed by atoms with Crippen molar-refractivity contribution in [3.63, 3.8) is 0 Å². The summed E-state index contributed by atoms with van der Waals surface area (Å²) in [5, 5.41) is 10.4. The summed E-state index contributed by atoms with van der Waals surface area (Å²) in [4.78, 5) is 19.8. The van der Waals surface area contributed by atoms with Crippen molar-refractivity contribution < 1.29 is 4.79 Å². The van der Waals surface area contributed by atoms with Crippen LogP contribution in [0.25, 0.3) is 22.6 Å². The molecule has 144 valence electrons.